The van der Waals surface area contributed by atoms with Crippen LogP contribution in [0.5, 0.6) is 0 Å². The van der Waals surface area contributed by atoms with Crippen molar-refractivity contribution in [3.8, 4) is 10.8 Å². The number of nitrogens with zero attached hydrogens (tertiary/aromatic N) is 4. The number of rotatable bonds is 4. The van der Waals surface area contributed by atoms with E-state index in [1.54, 1.807) is 20.9 Å². The Bertz CT molecular complexity index is 815. The summed E-state index contributed by atoms with van der Waals surface area (Å²) in [6, 6.07) is 4.11. The van der Waals surface area contributed by atoms with Crippen LogP contribution < -0.4 is 0 Å². The molecule has 2 aromatic heterocycles. The molecule has 0 unspecified atom stereocenters. The van der Waals surface area contributed by atoms with E-state index in [0.717, 1.165) is 30.8 Å². The van der Waals surface area contributed by atoms with Crippen LogP contribution in [-0.4, -0.2) is 57.5 Å². The van der Waals surface area contributed by atoms with Gasteiger partial charge in [-0.1, -0.05) is 6.07 Å². The Labute approximate surface area is 168 Å². The molecule has 0 atom stereocenters. The molecule has 27 heavy (non-hydrogen) atoms. The smallest absolute Gasteiger partial charge is 0.410 e. The van der Waals surface area contributed by atoms with E-state index in [4.69, 9.17) is 21.4 Å². The lowest BCUT2D eigenvalue weighted by molar-refractivity contribution is 0.0134. The van der Waals surface area contributed by atoms with E-state index < -0.39 is 5.60 Å². The molecule has 1 amide bonds. The van der Waals surface area contributed by atoms with Crippen LogP contribution in [0.25, 0.3) is 10.8 Å². The minimum atomic E-state index is -0.476. The second-order valence-corrected chi connectivity index (χ2v) is 9.03. The van der Waals surface area contributed by atoms with Crippen LogP contribution in [0.3, 0.4) is 0 Å². The number of carbonyl (C=O) groups is 1. The Morgan fingerprint density at radius 2 is 2.15 bits per heavy atom. The molecule has 0 radical (unpaired) electrons. The standard InChI is InChI=1S/C18H26N4O3S2/c1-18(2,3)25-16(23)20(4)13-7-9-21(10-8-13)12-22-17(26)24-15(19-22)14-6-5-11-27-14/h5-6,11,13H,7-10,12H2,1-4H3. The maximum atomic E-state index is 12.2. The quantitative estimate of drug-likeness (QED) is 0.703. The molecule has 0 aliphatic carbocycles. The number of hydrogen-bond acceptors (Lipinski definition) is 7. The molecule has 0 bridgehead atoms. The lowest BCUT2D eigenvalue weighted by atomic mass is 10.0. The predicted molar refractivity (Wildman–Crippen MR) is 107 cm³/mol. The molecule has 1 fully saturated rings. The predicted octanol–water partition coefficient (Wildman–Crippen LogP) is 4.22. The lowest BCUT2D eigenvalue weighted by Gasteiger charge is -2.37. The zero-order chi connectivity index (χ0) is 19.6. The van der Waals surface area contributed by atoms with Gasteiger partial charge in [-0.3, -0.25) is 4.90 Å². The minimum absolute atomic E-state index is 0.183. The highest BCUT2D eigenvalue weighted by molar-refractivity contribution is 7.71. The van der Waals surface area contributed by atoms with E-state index in [1.807, 2.05) is 45.3 Å². The molecule has 0 N–H and O–H groups in total. The van der Waals surface area contributed by atoms with Crippen molar-refractivity contribution in [2.75, 3.05) is 20.1 Å². The molecular weight excluding hydrogens is 384 g/mol. The molecular formula is C18H26N4O3S2. The molecule has 2 aromatic rings. The highest BCUT2D eigenvalue weighted by atomic mass is 32.1. The van der Waals surface area contributed by atoms with E-state index in [0.29, 0.717) is 17.4 Å². The minimum Gasteiger partial charge on any atom is -0.444 e. The Morgan fingerprint density at radius 3 is 2.74 bits per heavy atom. The maximum Gasteiger partial charge on any atom is 0.410 e. The number of piperidine rings is 1. The highest BCUT2D eigenvalue weighted by Crippen LogP contribution is 2.24. The maximum absolute atomic E-state index is 12.2. The summed E-state index contributed by atoms with van der Waals surface area (Å²) in [5.41, 5.74) is -0.476. The number of aromatic nitrogens is 2. The van der Waals surface area contributed by atoms with Crippen LogP contribution in [0.15, 0.2) is 21.9 Å². The van der Waals surface area contributed by atoms with Gasteiger partial charge in [0.1, 0.15) is 5.60 Å². The Kier molecular flexibility index (Phi) is 6.02. The van der Waals surface area contributed by atoms with E-state index in [1.165, 1.54) is 0 Å². The fourth-order valence-corrected chi connectivity index (χ4v) is 3.84. The van der Waals surface area contributed by atoms with E-state index in [9.17, 15) is 4.79 Å². The third-order valence-electron chi connectivity index (χ3n) is 4.46. The summed E-state index contributed by atoms with van der Waals surface area (Å²) >= 11 is 6.88. The van der Waals surface area contributed by atoms with Gasteiger partial charge in [0.05, 0.1) is 11.5 Å². The molecule has 9 heteroatoms. The summed E-state index contributed by atoms with van der Waals surface area (Å²) in [5, 5.41) is 6.48. The zero-order valence-electron chi connectivity index (χ0n) is 16.2. The Balaban J connectivity index is 1.54. The van der Waals surface area contributed by atoms with Gasteiger partial charge >= 0.3 is 6.09 Å². The summed E-state index contributed by atoms with van der Waals surface area (Å²) in [6.07, 6.45) is 1.51. The number of likely N-dealkylation sites (tertiary alicyclic amines) is 1. The van der Waals surface area contributed by atoms with Gasteiger partial charge in [0.25, 0.3) is 10.7 Å². The van der Waals surface area contributed by atoms with Crippen LogP contribution in [0, 0.1) is 4.84 Å². The van der Waals surface area contributed by atoms with Crippen molar-refractivity contribution in [1.29, 1.82) is 0 Å². The van der Waals surface area contributed by atoms with E-state index in [-0.39, 0.29) is 12.1 Å². The number of ether oxygens (including phenoxy) is 1. The average molecular weight is 411 g/mol. The first kappa shape index (κ1) is 20.0. The summed E-state index contributed by atoms with van der Waals surface area (Å²) < 4.78 is 12.8. The van der Waals surface area contributed by atoms with Crippen molar-refractivity contribution >= 4 is 29.6 Å². The summed E-state index contributed by atoms with van der Waals surface area (Å²) in [7, 11) is 1.81. The van der Waals surface area contributed by atoms with Gasteiger partial charge < -0.3 is 14.1 Å². The van der Waals surface area contributed by atoms with Crippen LogP contribution >= 0.6 is 23.6 Å². The van der Waals surface area contributed by atoms with Crippen LogP contribution in [0.4, 0.5) is 4.79 Å². The second-order valence-electron chi connectivity index (χ2n) is 7.73. The van der Waals surface area contributed by atoms with Gasteiger partial charge in [-0.15, -0.1) is 16.4 Å². The highest BCUT2D eigenvalue weighted by Gasteiger charge is 2.28. The van der Waals surface area contributed by atoms with Crippen molar-refractivity contribution < 1.29 is 13.9 Å². The molecule has 3 rings (SSSR count). The lowest BCUT2D eigenvalue weighted by Crippen LogP contribution is -2.47. The summed E-state index contributed by atoms with van der Waals surface area (Å²) in [6.45, 7) is 7.96. The van der Waals surface area contributed by atoms with Crippen molar-refractivity contribution in [3.05, 3.63) is 22.4 Å². The number of hydrogen-bond donors (Lipinski definition) is 0. The van der Waals surface area contributed by atoms with Crippen LogP contribution in [0.2, 0.25) is 0 Å². The first-order valence-corrected chi connectivity index (χ1v) is 10.3. The molecule has 3 heterocycles. The zero-order valence-corrected chi connectivity index (χ0v) is 17.8. The third kappa shape index (κ3) is 5.18. The topological polar surface area (TPSA) is 63.7 Å². The SMILES string of the molecule is CN(C(=O)OC(C)(C)C)C1CCN(Cn2nc(-c3cccs3)oc2=S)CC1. The molecule has 0 aromatic carbocycles. The number of thiophene rings is 1. The third-order valence-corrected chi connectivity index (χ3v) is 5.61. The van der Waals surface area contributed by atoms with Gasteiger partial charge in [-0.25, -0.2) is 9.48 Å². The largest absolute Gasteiger partial charge is 0.444 e. The van der Waals surface area contributed by atoms with E-state index >= 15 is 0 Å². The Morgan fingerprint density at radius 1 is 1.44 bits per heavy atom. The molecule has 7 nitrogen and oxygen atoms in total. The van der Waals surface area contributed by atoms with Crippen molar-refractivity contribution in [3.63, 3.8) is 0 Å². The van der Waals surface area contributed by atoms with Gasteiger partial charge in [0.2, 0.25) is 0 Å². The number of carbonyl (C=O) groups excluding carboxylic acids is 1. The van der Waals surface area contributed by atoms with Crippen molar-refractivity contribution in [2.45, 2.75) is 51.9 Å². The van der Waals surface area contributed by atoms with Crippen LogP contribution in [0.1, 0.15) is 33.6 Å². The molecule has 0 spiro atoms. The average Bonchev–Trinajstić information content (AvgIpc) is 3.24. The van der Waals surface area contributed by atoms with Gasteiger partial charge in [-0.2, -0.15) is 0 Å². The molecule has 1 saturated heterocycles. The first-order valence-electron chi connectivity index (χ1n) is 9.03. The van der Waals surface area contributed by atoms with Crippen molar-refractivity contribution in [1.82, 2.24) is 19.6 Å². The second kappa shape index (κ2) is 8.12. The molecule has 1 aliphatic rings. The number of amides is 1. The Hall–Kier alpha value is -1.71. The van der Waals surface area contributed by atoms with Crippen LogP contribution in [-0.2, 0) is 11.4 Å². The van der Waals surface area contributed by atoms with Crippen molar-refractivity contribution in [2.24, 2.45) is 0 Å². The fraction of sp³-hybridized carbons (Fsp3) is 0.611. The first-order chi connectivity index (χ1) is 12.7. The van der Waals surface area contributed by atoms with Gasteiger partial charge in [-0.05, 0) is 57.3 Å². The summed E-state index contributed by atoms with van der Waals surface area (Å²) in [5.74, 6) is 0.564. The van der Waals surface area contributed by atoms with E-state index in [2.05, 4.69) is 10.00 Å². The molecule has 148 valence electrons. The molecule has 0 saturated carbocycles. The molecule has 1 aliphatic heterocycles. The monoisotopic (exact) mass is 410 g/mol. The summed E-state index contributed by atoms with van der Waals surface area (Å²) in [4.78, 5) is 17.6. The van der Waals surface area contributed by atoms with Gasteiger partial charge in [0, 0.05) is 26.2 Å². The van der Waals surface area contributed by atoms with Gasteiger partial charge in [0.15, 0.2) is 0 Å². The fourth-order valence-electron chi connectivity index (χ4n) is 3.02. The normalized spacial score (nSPS) is 16.4.